The van der Waals surface area contributed by atoms with Crippen molar-refractivity contribution in [2.45, 2.75) is 110 Å². The van der Waals surface area contributed by atoms with Crippen LogP contribution < -0.4 is 0 Å². The zero-order valence-corrected chi connectivity index (χ0v) is 16.3. The first kappa shape index (κ1) is 18.7. The molecule has 0 aliphatic heterocycles. The molecule has 3 fully saturated rings. The van der Waals surface area contributed by atoms with Gasteiger partial charge in [-0.15, -0.1) is 0 Å². The Labute approximate surface area is 150 Å². The van der Waals surface area contributed by atoms with Crippen LogP contribution in [0.4, 0.5) is 4.39 Å². The highest BCUT2D eigenvalue weighted by Gasteiger charge is 2.39. The topological polar surface area (TPSA) is 0 Å². The van der Waals surface area contributed by atoms with Crippen molar-refractivity contribution in [3.8, 4) is 0 Å². The van der Waals surface area contributed by atoms with Crippen molar-refractivity contribution >= 4 is 0 Å². The molecule has 0 aromatic heterocycles. The molecule has 0 aromatic rings. The van der Waals surface area contributed by atoms with Crippen molar-refractivity contribution in [3.05, 3.63) is 0 Å². The summed E-state index contributed by atoms with van der Waals surface area (Å²) in [6.07, 6.45) is 18.1. The van der Waals surface area contributed by atoms with Crippen LogP contribution in [0.25, 0.3) is 0 Å². The molecule has 24 heavy (non-hydrogen) atoms. The maximum absolute atomic E-state index is 15.0. The third-order valence-corrected chi connectivity index (χ3v) is 8.05. The van der Waals surface area contributed by atoms with Crippen molar-refractivity contribution in [3.63, 3.8) is 0 Å². The van der Waals surface area contributed by atoms with Gasteiger partial charge < -0.3 is 0 Å². The lowest BCUT2D eigenvalue weighted by Crippen LogP contribution is -2.36. The lowest BCUT2D eigenvalue weighted by Gasteiger charge is -2.42. The molecule has 3 rings (SSSR count). The van der Waals surface area contributed by atoms with Gasteiger partial charge in [-0.25, -0.2) is 4.39 Å². The predicted octanol–water partition coefficient (Wildman–Crippen LogP) is 7.56. The van der Waals surface area contributed by atoms with E-state index in [1.807, 2.05) is 0 Å². The molecule has 3 saturated carbocycles. The molecule has 3 unspecified atom stereocenters. The molecule has 3 aliphatic rings. The minimum absolute atomic E-state index is 0.412. The first-order valence-electron chi connectivity index (χ1n) is 11.3. The number of hydrogen-bond donors (Lipinski definition) is 0. The Hall–Kier alpha value is -0.0700. The lowest BCUT2D eigenvalue weighted by atomic mass is 9.64. The third-order valence-electron chi connectivity index (χ3n) is 8.05. The second-order valence-electron chi connectivity index (χ2n) is 9.70. The van der Waals surface area contributed by atoms with Gasteiger partial charge in [0.05, 0.1) is 0 Å². The molecule has 3 atom stereocenters. The number of alkyl halides is 1. The first-order valence-corrected chi connectivity index (χ1v) is 11.3. The third kappa shape index (κ3) is 4.76. The fourth-order valence-electron chi connectivity index (χ4n) is 6.28. The van der Waals surface area contributed by atoms with Gasteiger partial charge in [-0.3, -0.25) is 0 Å². The van der Waals surface area contributed by atoms with Gasteiger partial charge in [0.15, 0.2) is 0 Å². The summed E-state index contributed by atoms with van der Waals surface area (Å²) in [7, 11) is 0. The fourth-order valence-corrected chi connectivity index (χ4v) is 6.28. The Kier molecular flexibility index (Phi) is 7.05. The standard InChI is InChI=1S/C23H41F/c1-3-4-5-18-8-12-19(13-9-18)21-14-15-22(23(24)16-21)20-10-6-17(2)7-11-20/h17-23H,3-16H2,1-2H3. The Bertz CT molecular complexity index is 349. The van der Waals surface area contributed by atoms with Gasteiger partial charge in [0.1, 0.15) is 6.17 Å². The van der Waals surface area contributed by atoms with E-state index in [-0.39, 0.29) is 0 Å². The molecular weight excluding hydrogens is 295 g/mol. The number of rotatable bonds is 5. The van der Waals surface area contributed by atoms with Crippen molar-refractivity contribution in [1.29, 1.82) is 0 Å². The molecule has 0 aromatic carbocycles. The average Bonchev–Trinajstić information content (AvgIpc) is 2.61. The first-order chi connectivity index (χ1) is 11.7. The van der Waals surface area contributed by atoms with Crippen LogP contribution in [0.3, 0.4) is 0 Å². The summed E-state index contributed by atoms with van der Waals surface area (Å²) < 4.78 is 15.0. The predicted molar refractivity (Wildman–Crippen MR) is 102 cm³/mol. The second kappa shape index (κ2) is 9.04. The zero-order valence-electron chi connectivity index (χ0n) is 16.3. The minimum atomic E-state index is -0.486. The van der Waals surface area contributed by atoms with Crippen LogP contribution in [0.1, 0.15) is 104 Å². The van der Waals surface area contributed by atoms with Crippen molar-refractivity contribution in [2.24, 2.45) is 35.5 Å². The van der Waals surface area contributed by atoms with E-state index in [0.717, 1.165) is 24.2 Å². The highest BCUT2D eigenvalue weighted by atomic mass is 19.1. The maximum Gasteiger partial charge on any atom is 0.103 e. The molecule has 0 N–H and O–H groups in total. The summed E-state index contributed by atoms with van der Waals surface area (Å²) in [5.74, 6) is 4.57. The SMILES string of the molecule is CCCCC1CCC(C2CCC(C3CCC(C)CC3)C(F)C2)CC1. The summed E-state index contributed by atoms with van der Waals surface area (Å²) in [6.45, 7) is 4.68. The Morgan fingerprint density at radius 1 is 0.750 bits per heavy atom. The summed E-state index contributed by atoms with van der Waals surface area (Å²) in [6, 6.07) is 0. The van der Waals surface area contributed by atoms with Crippen molar-refractivity contribution in [2.75, 3.05) is 0 Å². The Balaban J connectivity index is 1.42. The van der Waals surface area contributed by atoms with E-state index in [1.165, 1.54) is 83.5 Å². The normalized spacial score (nSPS) is 44.4. The highest BCUT2D eigenvalue weighted by molar-refractivity contribution is 4.89. The van der Waals surface area contributed by atoms with Gasteiger partial charge in [0.25, 0.3) is 0 Å². The Morgan fingerprint density at radius 2 is 1.38 bits per heavy atom. The summed E-state index contributed by atoms with van der Waals surface area (Å²) in [4.78, 5) is 0. The van der Waals surface area contributed by atoms with Gasteiger partial charge in [-0.1, -0.05) is 58.8 Å². The van der Waals surface area contributed by atoms with Crippen LogP contribution >= 0.6 is 0 Å². The zero-order chi connectivity index (χ0) is 16.9. The van der Waals surface area contributed by atoms with Gasteiger partial charge >= 0.3 is 0 Å². The molecule has 0 saturated heterocycles. The number of unbranched alkanes of at least 4 members (excludes halogenated alkanes) is 1. The van der Waals surface area contributed by atoms with Crippen LogP contribution in [0, 0.1) is 35.5 Å². The van der Waals surface area contributed by atoms with Crippen LogP contribution in [0.2, 0.25) is 0 Å². The highest BCUT2D eigenvalue weighted by Crippen LogP contribution is 2.47. The molecule has 1 heteroatoms. The smallest absolute Gasteiger partial charge is 0.103 e. The van der Waals surface area contributed by atoms with Gasteiger partial charge in [-0.2, -0.15) is 0 Å². The van der Waals surface area contributed by atoms with E-state index in [2.05, 4.69) is 13.8 Å². The minimum Gasteiger partial charge on any atom is -0.247 e. The second-order valence-corrected chi connectivity index (χ2v) is 9.70. The molecule has 0 bridgehead atoms. The maximum atomic E-state index is 15.0. The van der Waals surface area contributed by atoms with E-state index in [1.54, 1.807) is 0 Å². The van der Waals surface area contributed by atoms with Gasteiger partial charge in [0, 0.05) is 0 Å². The molecule has 0 spiro atoms. The van der Waals surface area contributed by atoms with Crippen LogP contribution in [-0.4, -0.2) is 6.17 Å². The Morgan fingerprint density at radius 3 is 2.00 bits per heavy atom. The average molecular weight is 337 g/mol. The monoisotopic (exact) mass is 336 g/mol. The van der Waals surface area contributed by atoms with Crippen molar-refractivity contribution < 1.29 is 4.39 Å². The summed E-state index contributed by atoms with van der Waals surface area (Å²) in [5, 5.41) is 0. The molecule has 3 aliphatic carbocycles. The molecule has 0 amide bonds. The lowest BCUT2D eigenvalue weighted by molar-refractivity contribution is 0.0339. The van der Waals surface area contributed by atoms with Crippen LogP contribution in [0.15, 0.2) is 0 Å². The van der Waals surface area contributed by atoms with E-state index < -0.39 is 6.17 Å². The molecule has 140 valence electrons. The van der Waals surface area contributed by atoms with E-state index >= 15 is 0 Å². The van der Waals surface area contributed by atoms with Gasteiger partial charge in [0.2, 0.25) is 0 Å². The van der Waals surface area contributed by atoms with Crippen molar-refractivity contribution in [1.82, 2.24) is 0 Å². The molecule has 0 heterocycles. The number of hydrogen-bond acceptors (Lipinski definition) is 0. The van der Waals surface area contributed by atoms with Crippen LogP contribution in [0.5, 0.6) is 0 Å². The van der Waals surface area contributed by atoms with Crippen LogP contribution in [-0.2, 0) is 0 Å². The van der Waals surface area contributed by atoms with E-state index in [4.69, 9.17) is 0 Å². The molecular formula is C23H41F. The number of halogens is 1. The van der Waals surface area contributed by atoms with E-state index in [9.17, 15) is 4.39 Å². The molecule has 0 radical (unpaired) electrons. The summed E-state index contributed by atoms with van der Waals surface area (Å²) >= 11 is 0. The summed E-state index contributed by atoms with van der Waals surface area (Å²) in [5.41, 5.74) is 0. The van der Waals surface area contributed by atoms with Gasteiger partial charge in [-0.05, 0) is 80.5 Å². The molecule has 0 nitrogen and oxygen atoms in total. The largest absolute Gasteiger partial charge is 0.247 e. The quantitative estimate of drug-likeness (QED) is 0.486. The van der Waals surface area contributed by atoms with E-state index in [0.29, 0.717) is 17.8 Å². The fraction of sp³-hybridized carbons (Fsp3) is 1.00.